The summed E-state index contributed by atoms with van der Waals surface area (Å²) < 4.78 is 5.95. The van der Waals surface area contributed by atoms with Gasteiger partial charge in [0.05, 0.1) is 11.4 Å². The lowest BCUT2D eigenvalue weighted by molar-refractivity contribution is -0.124. The van der Waals surface area contributed by atoms with E-state index in [0.717, 1.165) is 5.56 Å². The summed E-state index contributed by atoms with van der Waals surface area (Å²) >= 11 is 1.39. The van der Waals surface area contributed by atoms with Crippen molar-refractivity contribution in [3.05, 3.63) is 45.9 Å². The minimum atomic E-state index is -1.44. The predicted octanol–water partition coefficient (Wildman–Crippen LogP) is 0.616. The minimum absolute atomic E-state index is 0.0133. The molecule has 3 unspecified atom stereocenters. The van der Waals surface area contributed by atoms with E-state index in [-0.39, 0.29) is 24.6 Å². The number of amides is 4. The molecule has 4 aliphatic heterocycles. The Balaban J connectivity index is 1.49. The van der Waals surface area contributed by atoms with Crippen LogP contribution in [0.2, 0.25) is 0 Å². The van der Waals surface area contributed by atoms with Crippen LogP contribution in [0, 0.1) is 0 Å². The van der Waals surface area contributed by atoms with Crippen LogP contribution >= 0.6 is 11.3 Å². The van der Waals surface area contributed by atoms with Crippen LogP contribution in [0.4, 0.5) is 4.79 Å². The van der Waals surface area contributed by atoms with Gasteiger partial charge in [-0.15, -0.1) is 11.3 Å². The number of carbonyl (C=O) groups is 3. The number of hydrogen-bond acceptors (Lipinski definition) is 6. The number of hydrogen-bond donors (Lipinski definition) is 2. The Kier molecular flexibility index (Phi) is 3.48. The standard InChI is InChI=1S/C18H16N4O4S/c23-15-14-10(4-7-27-14)3-6-22(15)9-18(16(24)20-17(25)21-18)13-8-11-12(26-13)2-1-5-19-11/h1-2,4-5,7-8,11-12H,3,6,9H2,(H2,20,21,24,25). The van der Waals surface area contributed by atoms with Crippen molar-refractivity contribution in [2.75, 3.05) is 13.1 Å². The van der Waals surface area contributed by atoms with Crippen molar-refractivity contribution in [1.29, 1.82) is 0 Å². The quantitative estimate of drug-likeness (QED) is 0.746. The first-order chi connectivity index (χ1) is 13.1. The highest BCUT2D eigenvalue weighted by Crippen LogP contribution is 2.34. The van der Waals surface area contributed by atoms with Crippen molar-refractivity contribution in [3.63, 3.8) is 0 Å². The second kappa shape index (κ2) is 5.78. The summed E-state index contributed by atoms with van der Waals surface area (Å²) in [5, 5.41) is 6.87. The van der Waals surface area contributed by atoms with Gasteiger partial charge in [0.25, 0.3) is 11.8 Å². The number of thiophene rings is 1. The van der Waals surface area contributed by atoms with Gasteiger partial charge in [-0.05, 0) is 41.7 Å². The molecule has 0 spiro atoms. The Morgan fingerprint density at radius 1 is 1.37 bits per heavy atom. The van der Waals surface area contributed by atoms with E-state index in [1.54, 1.807) is 23.3 Å². The number of carbonyl (C=O) groups excluding carboxylic acids is 3. The average molecular weight is 384 g/mol. The van der Waals surface area contributed by atoms with Crippen molar-refractivity contribution in [2.24, 2.45) is 4.99 Å². The van der Waals surface area contributed by atoms with E-state index in [9.17, 15) is 14.4 Å². The highest BCUT2D eigenvalue weighted by molar-refractivity contribution is 7.12. The molecule has 5 heterocycles. The molecule has 1 aromatic heterocycles. The lowest BCUT2D eigenvalue weighted by Crippen LogP contribution is -2.58. The highest BCUT2D eigenvalue weighted by atomic mass is 32.1. The van der Waals surface area contributed by atoms with Crippen molar-refractivity contribution in [1.82, 2.24) is 15.5 Å². The van der Waals surface area contributed by atoms with Crippen molar-refractivity contribution in [2.45, 2.75) is 24.1 Å². The maximum atomic E-state index is 12.9. The number of urea groups is 1. The fraction of sp³-hybridized carbons (Fsp3) is 0.333. The largest absolute Gasteiger partial charge is 0.485 e. The van der Waals surface area contributed by atoms with Gasteiger partial charge in [-0.1, -0.05) is 0 Å². The third-order valence-electron chi connectivity index (χ3n) is 5.24. The number of aliphatic imine (C=N–C) groups is 1. The minimum Gasteiger partial charge on any atom is -0.485 e. The number of nitrogens with one attached hydrogen (secondary N) is 2. The molecule has 1 saturated heterocycles. The van der Waals surface area contributed by atoms with E-state index in [2.05, 4.69) is 15.6 Å². The molecule has 3 atom stereocenters. The molecule has 1 aromatic rings. The topological polar surface area (TPSA) is 100 Å². The number of nitrogens with zero attached hydrogens (tertiary/aromatic N) is 2. The van der Waals surface area contributed by atoms with E-state index in [1.165, 1.54) is 11.3 Å². The second-order valence-electron chi connectivity index (χ2n) is 6.85. The summed E-state index contributed by atoms with van der Waals surface area (Å²) in [6.45, 7) is 0.491. The van der Waals surface area contributed by atoms with E-state index >= 15 is 0 Å². The molecule has 0 saturated carbocycles. The first-order valence-electron chi connectivity index (χ1n) is 8.65. The number of dihydropyridines is 1. The molecule has 5 rings (SSSR count). The molecule has 9 heteroatoms. The van der Waals surface area contributed by atoms with Gasteiger partial charge < -0.3 is 15.0 Å². The van der Waals surface area contributed by atoms with Gasteiger partial charge in [0, 0.05) is 12.8 Å². The van der Waals surface area contributed by atoms with Gasteiger partial charge in [-0.3, -0.25) is 19.9 Å². The van der Waals surface area contributed by atoms with Crippen LogP contribution in [0.3, 0.4) is 0 Å². The molecule has 1 fully saturated rings. The summed E-state index contributed by atoms with van der Waals surface area (Å²) in [6, 6.07) is 1.11. The van der Waals surface area contributed by atoms with Crippen LogP contribution in [0.25, 0.3) is 0 Å². The average Bonchev–Trinajstić information content (AvgIpc) is 3.35. The molecule has 0 aliphatic carbocycles. The first kappa shape index (κ1) is 16.2. The van der Waals surface area contributed by atoms with Crippen molar-refractivity contribution >= 4 is 35.4 Å². The molecular weight excluding hydrogens is 368 g/mol. The maximum absolute atomic E-state index is 12.9. The van der Waals surface area contributed by atoms with Gasteiger partial charge in [-0.25, -0.2) is 4.79 Å². The number of allylic oxidation sites excluding steroid dienone is 1. The molecule has 0 aromatic carbocycles. The highest BCUT2D eigenvalue weighted by Gasteiger charge is 2.55. The Hall–Kier alpha value is -2.94. The second-order valence-corrected chi connectivity index (χ2v) is 7.77. The summed E-state index contributed by atoms with van der Waals surface area (Å²) in [6.07, 6.45) is 7.47. The van der Waals surface area contributed by atoms with Crippen molar-refractivity contribution in [3.8, 4) is 0 Å². The number of fused-ring (bicyclic) bond motifs is 2. The lowest BCUT2D eigenvalue weighted by Gasteiger charge is -2.35. The van der Waals surface area contributed by atoms with Gasteiger partial charge in [-0.2, -0.15) is 0 Å². The fourth-order valence-electron chi connectivity index (χ4n) is 3.85. The zero-order chi connectivity index (χ0) is 18.6. The predicted molar refractivity (Wildman–Crippen MR) is 97.7 cm³/mol. The number of ether oxygens (including phenoxy) is 1. The molecule has 4 aliphatic rings. The smallest absolute Gasteiger partial charge is 0.322 e. The number of imide groups is 1. The van der Waals surface area contributed by atoms with Crippen LogP contribution in [0.5, 0.6) is 0 Å². The lowest BCUT2D eigenvalue weighted by atomic mass is 9.94. The first-order valence-corrected chi connectivity index (χ1v) is 9.53. The molecule has 4 amide bonds. The SMILES string of the molecule is O=C1NC(=O)C(CN2CCc3ccsc3C2=O)(C2=CC3N=CC=CC3O2)N1. The summed E-state index contributed by atoms with van der Waals surface area (Å²) in [5.41, 5.74) is -0.417. The maximum Gasteiger partial charge on any atom is 0.322 e. The normalized spacial score (nSPS) is 31.2. The zero-order valence-electron chi connectivity index (χ0n) is 14.2. The summed E-state index contributed by atoms with van der Waals surface area (Å²) in [4.78, 5) is 44.2. The van der Waals surface area contributed by atoms with Gasteiger partial charge in [0.1, 0.15) is 17.9 Å². The van der Waals surface area contributed by atoms with Crippen LogP contribution in [-0.4, -0.2) is 59.7 Å². The third kappa shape index (κ3) is 2.42. The molecule has 8 nitrogen and oxygen atoms in total. The molecular formula is C18H16N4O4S. The van der Waals surface area contributed by atoms with Crippen LogP contribution in [-0.2, 0) is 16.0 Å². The van der Waals surface area contributed by atoms with Gasteiger partial charge >= 0.3 is 6.03 Å². The van der Waals surface area contributed by atoms with Crippen LogP contribution in [0.1, 0.15) is 15.2 Å². The fourth-order valence-corrected chi connectivity index (χ4v) is 4.77. The molecule has 2 N–H and O–H groups in total. The number of rotatable bonds is 3. The van der Waals surface area contributed by atoms with Crippen LogP contribution < -0.4 is 10.6 Å². The van der Waals surface area contributed by atoms with E-state index in [1.807, 2.05) is 17.5 Å². The van der Waals surface area contributed by atoms with Gasteiger partial charge in [0.2, 0.25) is 0 Å². The third-order valence-corrected chi connectivity index (χ3v) is 6.18. The molecule has 0 bridgehead atoms. The molecule has 27 heavy (non-hydrogen) atoms. The van der Waals surface area contributed by atoms with Crippen LogP contribution in [0.15, 0.2) is 40.4 Å². The van der Waals surface area contributed by atoms with E-state index in [0.29, 0.717) is 23.6 Å². The Labute approximate surface area is 158 Å². The Morgan fingerprint density at radius 3 is 3.04 bits per heavy atom. The van der Waals surface area contributed by atoms with Gasteiger partial charge in [0.15, 0.2) is 5.54 Å². The Bertz CT molecular complexity index is 949. The monoisotopic (exact) mass is 384 g/mol. The summed E-state index contributed by atoms with van der Waals surface area (Å²) in [5.74, 6) is -0.321. The van der Waals surface area contributed by atoms with E-state index in [4.69, 9.17) is 4.74 Å². The summed E-state index contributed by atoms with van der Waals surface area (Å²) in [7, 11) is 0. The van der Waals surface area contributed by atoms with E-state index < -0.39 is 17.5 Å². The molecule has 0 radical (unpaired) electrons. The zero-order valence-corrected chi connectivity index (χ0v) is 15.0. The molecule has 138 valence electrons. The van der Waals surface area contributed by atoms with Crippen molar-refractivity contribution < 1.29 is 19.1 Å². The Morgan fingerprint density at radius 2 is 2.26 bits per heavy atom.